The molecule has 10 nitrogen and oxygen atoms in total. The van der Waals surface area contributed by atoms with E-state index >= 15 is 0 Å². The summed E-state index contributed by atoms with van der Waals surface area (Å²) in [6, 6.07) is 7.53. The van der Waals surface area contributed by atoms with Crippen LogP contribution < -0.4 is 20.3 Å². The Balaban J connectivity index is 1.49. The van der Waals surface area contributed by atoms with Crippen LogP contribution in [0.3, 0.4) is 0 Å². The minimum absolute atomic E-state index is 0.220. The molecular weight excluding hydrogens is 499 g/mol. The molecule has 11 heteroatoms. The molecule has 1 saturated heterocycles. The number of aromatic nitrogens is 4. The van der Waals surface area contributed by atoms with Gasteiger partial charge in [-0.25, -0.2) is 9.37 Å². The number of amides is 1. The molecule has 2 atom stereocenters. The molecule has 1 aliphatic rings. The van der Waals surface area contributed by atoms with Gasteiger partial charge in [-0.15, -0.1) is 0 Å². The lowest BCUT2D eigenvalue weighted by Crippen LogP contribution is -2.54. The molecule has 3 heterocycles. The number of nitrogens with zero attached hydrogens (tertiary/aromatic N) is 6. The lowest BCUT2D eigenvalue weighted by molar-refractivity contribution is 0.102. The van der Waals surface area contributed by atoms with Crippen LogP contribution in [0.4, 0.5) is 15.8 Å². The van der Waals surface area contributed by atoms with E-state index in [9.17, 15) is 9.18 Å². The molecule has 1 amide bonds. The highest BCUT2D eigenvalue weighted by molar-refractivity contribution is 6.14. The van der Waals surface area contributed by atoms with Gasteiger partial charge in [0.25, 0.3) is 5.91 Å². The van der Waals surface area contributed by atoms with Gasteiger partial charge in [0.05, 0.1) is 17.7 Å². The molecule has 4 aromatic rings. The van der Waals surface area contributed by atoms with E-state index in [0.29, 0.717) is 40.8 Å². The van der Waals surface area contributed by atoms with Gasteiger partial charge in [-0.05, 0) is 58.6 Å². The monoisotopic (exact) mass is 534 g/mol. The molecule has 0 saturated carbocycles. The Bertz CT molecular complexity index is 1490. The standard InChI is InChI=1S/C28H35FN8O2/c1-17-14-37(15-18(2)31-17)24-8-7-21(26-22(24)13-30-28(33-26)39-10-6-9-35(3)4)27(38)32-20-11-19-16-36(5)34-25(19)23(29)12-20/h7-8,11-13,16-18,31H,6,9-10,14-15H2,1-5H3,(H,32,38)/t17-,18-/m0/s1. The van der Waals surface area contributed by atoms with Gasteiger partial charge in [-0.1, -0.05) is 0 Å². The van der Waals surface area contributed by atoms with E-state index in [0.717, 1.165) is 37.1 Å². The number of benzene rings is 2. The van der Waals surface area contributed by atoms with E-state index in [1.807, 2.05) is 20.2 Å². The Morgan fingerprint density at radius 2 is 1.97 bits per heavy atom. The summed E-state index contributed by atoms with van der Waals surface area (Å²) in [6.45, 7) is 7.28. The molecule has 2 aromatic heterocycles. The zero-order chi connectivity index (χ0) is 27.7. The maximum absolute atomic E-state index is 14.7. The minimum atomic E-state index is -0.499. The average molecular weight is 535 g/mol. The first-order valence-electron chi connectivity index (χ1n) is 13.2. The van der Waals surface area contributed by atoms with Crippen LogP contribution in [0.25, 0.3) is 21.8 Å². The van der Waals surface area contributed by atoms with Crippen molar-refractivity contribution >= 4 is 39.1 Å². The van der Waals surface area contributed by atoms with Crippen LogP contribution in [0.5, 0.6) is 6.01 Å². The molecular formula is C28H35FN8O2. The molecule has 1 aliphatic heterocycles. The van der Waals surface area contributed by atoms with Crippen molar-refractivity contribution in [3.8, 4) is 6.01 Å². The smallest absolute Gasteiger partial charge is 0.316 e. The van der Waals surface area contributed by atoms with Crippen molar-refractivity contribution < 1.29 is 13.9 Å². The topological polar surface area (TPSA) is 100 Å². The van der Waals surface area contributed by atoms with Gasteiger partial charge >= 0.3 is 6.01 Å². The van der Waals surface area contributed by atoms with Crippen molar-refractivity contribution in [2.45, 2.75) is 32.4 Å². The van der Waals surface area contributed by atoms with E-state index in [-0.39, 0.29) is 11.5 Å². The second-order valence-corrected chi connectivity index (χ2v) is 10.6. The number of nitrogens with one attached hydrogen (secondary N) is 2. The van der Waals surface area contributed by atoms with Crippen LogP contribution in [0.1, 0.15) is 30.6 Å². The van der Waals surface area contributed by atoms with E-state index < -0.39 is 11.7 Å². The number of carbonyl (C=O) groups is 1. The van der Waals surface area contributed by atoms with Gasteiger partial charge in [0.1, 0.15) is 5.52 Å². The number of hydrogen-bond donors (Lipinski definition) is 2. The summed E-state index contributed by atoms with van der Waals surface area (Å²) in [7, 11) is 5.74. The zero-order valence-corrected chi connectivity index (χ0v) is 23.0. The fourth-order valence-electron chi connectivity index (χ4n) is 5.17. The zero-order valence-electron chi connectivity index (χ0n) is 23.0. The normalized spacial score (nSPS) is 17.8. The van der Waals surface area contributed by atoms with E-state index in [4.69, 9.17) is 4.74 Å². The SMILES string of the molecule is C[C@H]1CN(c2ccc(C(=O)Nc3cc(F)c4nn(C)cc4c3)c3nc(OCCCN(C)C)ncc23)C[C@H](C)N1. The molecule has 0 bridgehead atoms. The Hall–Kier alpha value is -3.83. The predicted octanol–water partition coefficient (Wildman–Crippen LogP) is 3.43. The highest BCUT2D eigenvalue weighted by Crippen LogP contribution is 2.31. The molecule has 0 unspecified atom stereocenters. The number of aryl methyl sites for hydroxylation is 1. The van der Waals surface area contributed by atoms with Crippen LogP contribution in [0, 0.1) is 5.82 Å². The van der Waals surface area contributed by atoms with Crippen molar-refractivity contribution in [1.82, 2.24) is 30.0 Å². The number of carbonyl (C=O) groups excluding carboxylic acids is 1. The van der Waals surface area contributed by atoms with Crippen LogP contribution >= 0.6 is 0 Å². The van der Waals surface area contributed by atoms with Gasteiger partial charge in [0.15, 0.2) is 5.82 Å². The Morgan fingerprint density at radius 1 is 1.21 bits per heavy atom. The van der Waals surface area contributed by atoms with Crippen molar-refractivity contribution in [3.63, 3.8) is 0 Å². The molecule has 206 valence electrons. The minimum Gasteiger partial charge on any atom is -0.463 e. The molecule has 2 aromatic carbocycles. The summed E-state index contributed by atoms with van der Waals surface area (Å²) in [5.74, 6) is -0.894. The van der Waals surface area contributed by atoms with E-state index in [1.165, 1.54) is 6.07 Å². The number of hydrogen-bond acceptors (Lipinski definition) is 8. The van der Waals surface area contributed by atoms with Gasteiger partial charge < -0.3 is 25.2 Å². The van der Waals surface area contributed by atoms with E-state index in [1.54, 1.807) is 36.3 Å². The number of halogens is 1. The Morgan fingerprint density at radius 3 is 2.72 bits per heavy atom. The molecule has 0 radical (unpaired) electrons. The molecule has 2 N–H and O–H groups in total. The van der Waals surface area contributed by atoms with Crippen LogP contribution in [0.15, 0.2) is 36.7 Å². The highest BCUT2D eigenvalue weighted by atomic mass is 19.1. The van der Waals surface area contributed by atoms with Crippen molar-refractivity contribution in [2.75, 3.05) is 50.6 Å². The van der Waals surface area contributed by atoms with Gasteiger partial charge in [-0.3, -0.25) is 9.48 Å². The third kappa shape index (κ3) is 5.94. The Labute approximate surface area is 227 Å². The van der Waals surface area contributed by atoms with Gasteiger partial charge in [0, 0.05) is 73.3 Å². The number of piperazine rings is 1. The number of rotatable bonds is 8. The first-order chi connectivity index (χ1) is 18.7. The summed E-state index contributed by atoms with van der Waals surface area (Å²) >= 11 is 0. The quantitative estimate of drug-likeness (QED) is 0.332. The van der Waals surface area contributed by atoms with Gasteiger partial charge in [-0.2, -0.15) is 10.1 Å². The third-order valence-electron chi connectivity index (χ3n) is 6.76. The Kier molecular flexibility index (Phi) is 7.62. The van der Waals surface area contributed by atoms with Crippen LogP contribution in [-0.2, 0) is 7.05 Å². The predicted molar refractivity (Wildman–Crippen MR) is 151 cm³/mol. The maximum atomic E-state index is 14.7. The van der Waals surface area contributed by atoms with Crippen molar-refractivity contribution in [2.24, 2.45) is 7.05 Å². The van der Waals surface area contributed by atoms with Crippen molar-refractivity contribution in [1.29, 1.82) is 0 Å². The highest BCUT2D eigenvalue weighted by Gasteiger charge is 2.25. The molecule has 1 fully saturated rings. The second kappa shape index (κ2) is 11.1. The lowest BCUT2D eigenvalue weighted by atomic mass is 10.0. The number of ether oxygens (including phenoxy) is 1. The van der Waals surface area contributed by atoms with Gasteiger partial charge in [0.2, 0.25) is 0 Å². The van der Waals surface area contributed by atoms with E-state index in [2.05, 4.69) is 49.3 Å². The average Bonchev–Trinajstić information content (AvgIpc) is 3.25. The summed E-state index contributed by atoms with van der Waals surface area (Å²) in [5.41, 5.74) is 2.41. The largest absolute Gasteiger partial charge is 0.463 e. The fraction of sp³-hybridized carbons (Fsp3) is 0.429. The summed E-state index contributed by atoms with van der Waals surface area (Å²) in [5, 5.41) is 11.9. The molecule has 0 spiro atoms. The number of fused-ring (bicyclic) bond motifs is 2. The maximum Gasteiger partial charge on any atom is 0.316 e. The van der Waals surface area contributed by atoms with Crippen LogP contribution in [-0.4, -0.2) is 83.0 Å². The second-order valence-electron chi connectivity index (χ2n) is 10.6. The summed E-state index contributed by atoms with van der Waals surface area (Å²) < 4.78 is 22.0. The first kappa shape index (κ1) is 26.8. The van der Waals surface area contributed by atoms with Crippen molar-refractivity contribution in [3.05, 3.63) is 48.0 Å². The third-order valence-corrected chi connectivity index (χ3v) is 6.76. The first-order valence-corrected chi connectivity index (χ1v) is 13.2. The number of anilines is 2. The lowest BCUT2D eigenvalue weighted by Gasteiger charge is -2.38. The molecule has 0 aliphatic carbocycles. The molecule has 5 rings (SSSR count). The summed E-state index contributed by atoms with van der Waals surface area (Å²) in [6.07, 6.45) is 4.26. The molecule has 39 heavy (non-hydrogen) atoms. The summed E-state index contributed by atoms with van der Waals surface area (Å²) in [4.78, 5) is 27.1. The van der Waals surface area contributed by atoms with Crippen LogP contribution in [0.2, 0.25) is 0 Å². The fourth-order valence-corrected chi connectivity index (χ4v) is 5.17.